The van der Waals surface area contributed by atoms with E-state index < -0.39 is 0 Å². The molecule has 5 nitrogen and oxygen atoms in total. The summed E-state index contributed by atoms with van der Waals surface area (Å²) in [5.74, 6) is 2.80. The van der Waals surface area contributed by atoms with E-state index in [-0.39, 0.29) is 17.6 Å². The highest BCUT2D eigenvalue weighted by atomic mass is 16.2. The number of carbonyl (C=O) groups excluding carboxylic acids is 1. The first-order valence-electron chi connectivity index (χ1n) is 8.24. The third-order valence-electron chi connectivity index (χ3n) is 4.60. The molecule has 2 aliphatic rings. The second-order valence-electron chi connectivity index (χ2n) is 6.38. The zero-order valence-electron chi connectivity index (χ0n) is 13.5. The fraction of sp³-hybridized carbons (Fsp3) is 0.556. The van der Waals surface area contributed by atoms with Crippen LogP contribution >= 0.6 is 0 Å². The number of pyridine rings is 1. The quantitative estimate of drug-likeness (QED) is 0.690. The van der Waals surface area contributed by atoms with Gasteiger partial charge in [-0.25, -0.2) is 0 Å². The Morgan fingerprint density at radius 3 is 2.83 bits per heavy atom. The Bertz CT molecular complexity index is 624. The topological polar surface area (TPSA) is 57.9 Å². The number of nitrogens with zero attached hydrogens (tertiary/aromatic N) is 4. The largest absolute Gasteiger partial charge is 0.333 e. The third-order valence-corrected chi connectivity index (χ3v) is 4.60. The van der Waals surface area contributed by atoms with Crippen LogP contribution in [0, 0.1) is 12.3 Å². The molecule has 1 fully saturated rings. The predicted octanol–water partition coefficient (Wildman–Crippen LogP) is 3.49. The van der Waals surface area contributed by atoms with Crippen molar-refractivity contribution in [3.05, 3.63) is 30.1 Å². The van der Waals surface area contributed by atoms with Crippen molar-refractivity contribution in [1.29, 1.82) is 0 Å². The van der Waals surface area contributed by atoms with E-state index in [2.05, 4.69) is 28.1 Å². The Morgan fingerprint density at radius 2 is 2.26 bits per heavy atom. The fourth-order valence-electron chi connectivity index (χ4n) is 2.98. The maximum atomic E-state index is 12.8. The summed E-state index contributed by atoms with van der Waals surface area (Å²) < 4.78 is 0. The molecular formula is C18H22N4O. The molecule has 0 radical (unpaired) electrons. The molecule has 3 rings (SSSR count). The van der Waals surface area contributed by atoms with Crippen LogP contribution in [0.4, 0.5) is 0 Å². The lowest BCUT2D eigenvalue weighted by Crippen LogP contribution is -2.36. The smallest absolute Gasteiger partial charge is 0.223 e. The van der Waals surface area contributed by atoms with Gasteiger partial charge in [0, 0.05) is 44.1 Å². The van der Waals surface area contributed by atoms with E-state index in [1.54, 1.807) is 6.20 Å². The van der Waals surface area contributed by atoms with Crippen LogP contribution in [0.3, 0.4) is 0 Å². The highest BCUT2D eigenvalue weighted by Crippen LogP contribution is 2.39. The van der Waals surface area contributed by atoms with Gasteiger partial charge < -0.3 is 4.90 Å². The SMILES string of the molecule is C#CCCC1(CCC(=O)N(C2CC2)C(C)c2cccnc2)N=N1. The van der Waals surface area contributed by atoms with E-state index in [0.717, 1.165) is 24.8 Å². The Balaban J connectivity index is 1.60. The molecule has 0 N–H and O–H groups in total. The molecule has 2 heterocycles. The van der Waals surface area contributed by atoms with Gasteiger partial charge in [-0.3, -0.25) is 9.78 Å². The van der Waals surface area contributed by atoms with E-state index in [9.17, 15) is 4.79 Å². The molecule has 0 aromatic carbocycles. The van der Waals surface area contributed by atoms with Crippen molar-refractivity contribution in [1.82, 2.24) is 9.88 Å². The standard InChI is InChI=1S/C18H22N4O/c1-3-4-10-18(20-21-18)11-9-17(23)22(16-7-8-16)14(2)15-6-5-12-19-13-15/h1,5-6,12-14,16H,4,7-11H2,2H3. The fourth-order valence-corrected chi connectivity index (χ4v) is 2.98. The summed E-state index contributed by atoms with van der Waals surface area (Å²) in [5, 5.41) is 8.23. The summed E-state index contributed by atoms with van der Waals surface area (Å²) in [7, 11) is 0. The van der Waals surface area contributed by atoms with Crippen LogP contribution in [0.25, 0.3) is 0 Å². The molecule has 1 aromatic heterocycles. The molecule has 0 spiro atoms. The molecule has 1 aliphatic carbocycles. The maximum absolute atomic E-state index is 12.8. The average molecular weight is 310 g/mol. The van der Waals surface area contributed by atoms with E-state index in [0.29, 0.717) is 25.3 Å². The van der Waals surface area contributed by atoms with E-state index in [4.69, 9.17) is 6.42 Å². The first-order valence-corrected chi connectivity index (χ1v) is 8.24. The van der Waals surface area contributed by atoms with Crippen molar-refractivity contribution in [2.24, 2.45) is 10.2 Å². The molecule has 0 saturated heterocycles. The lowest BCUT2D eigenvalue weighted by atomic mass is 10.0. The summed E-state index contributed by atoms with van der Waals surface area (Å²) >= 11 is 0. The van der Waals surface area contributed by atoms with Crippen molar-refractivity contribution in [2.45, 2.75) is 63.2 Å². The molecule has 1 saturated carbocycles. The van der Waals surface area contributed by atoms with E-state index in [1.165, 1.54) is 0 Å². The summed E-state index contributed by atoms with van der Waals surface area (Å²) in [6, 6.07) is 4.37. The minimum Gasteiger partial charge on any atom is -0.333 e. The van der Waals surface area contributed by atoms with Gasteiger partial charge in [-0.1, -0.05) is 6.07 Å². The first-order chi connectivity index (χ1) is 11.2. The lowest BCUT2D eigenvalue weighted by molar-refractivity contribution is -0.134. The molecule has 1 atom stereocenters. The molecule has 120 valence electrons. The Kier molecular flexibility index (Phi) is 4.42. The minimum atomic E-state index is -0.380. The monoisotopic (exact) mass is 310 g/mol. The third kappa shape index (κ3) is 3.76. The molecular weight excluding hydrogens is 288 g/mol. The number of aromatic nitrogens is 1. The van der Waals surface area contributed by atoms with Crippen molar-refractivity contribution in [3.63, 3.8) is 0 Å². The van der Waals surface area contributed by atoms with Crippen LogP contribution in [-0.2, 0) is 4.79 Å². The van der Waals surface area contributed by atoms with Gasteiger partial charge >= 0.3 is 0 Å². The van der Waals surface area contributed by atoms with Gasteiger partial charge in [0.2, 0.25) is 5.91 Å². The molecule has 5 heteroatoms. The van der Waals surface area contributed by atoms with Crippen molar-refractivity contribution < 1.29 is 4.79 Å². The molecule has 1 unspecified atom stereocenters. The van der Waals surface area contributed by atoms with Crippen LogP contribution in [-0.4, -0.2) is 27.5 Å². The summed E-state index contributed by atoms with van der Waals surface area (Å²) in [6.07, 6.45) is 13.6. The highest BCUT2D eigenvalue weighted by molar-refractivity contribution is 5.77. The number of hydrogen-bond donors (Lipinski definition) is 0. The zero-order chi connectivity index (χ0) is 16.3. The molecule has 1 amide bonds. The van der Waals surface area contributed by atoms with E-state index in [1.807, 2.05) is 23.2 Å². The number of hydrogen-bond acceptors (Lipinski definition) is 4. The van der Waals surface area contributed by atoms with Gasteiger partial charge in [0.15, 0.2) is 5.66 Å². The Morgan fingerprint density at radius 1 is 1.48 bits per heavy atom. The summed E-state index contributed by atoms with van der Waals surface area (Å²) in [6.45, 7) is 2.08. The second-order valence-corrected chi connectivity index (χ2v) is 6.38. The number of rotatable bonds is 8. The zero-order valence-corrected chi connectivity index (χ0v) is 13.5. The van der Waals surface area contributed by atoms with Crippen molar-refractivity contribution in [2.75, 3.05) is 0 Å². The van der Waals surface area contributed by atoms with Gasteiger partial charge in [-0.2, -0.15) is 10.2 Å². The van der Waals surface area contributed by atoms with Gasteiger partial charge in [0.1, 0.15) is 0 Å². The van der Waals surface area contributed by atoms with Crippen LogP contribution in [0.2, 0.25) is 0 Å². The van der Waals surface area contributed by atoms with Crippen LogP contribution in [0.1, 0.15) is 57.1 Å². The van der Waals surface area contributed by atoms with Crippen LogP contribution in [0.15, 0.2) is 34.8 Å². The predicted molar refractivity (Wildman–Crippen MR) is 87.4 cm³/mol. The van der Waals surface area contributed by atoms with Crippen molar-refractivity contribution >= 4 is 5.91 Å². The van der Waals surface area contributed by atoms with Gasteiger partial charge in [0.25, 0.3) is 0 Å². The van der Waals surface area contributed by atoms with E-state index >= 15 is 0 Å². The normalized spacial score (nSPS) is 19.0. The summed E-state index contributed by atoms with van der Waals surface area (Å²) in [4.78, 5) is 19.0. The average Bonchev–Trinajstić information content (AvgIpc) is 3.48. The summed E-state index contributed by atoms with van der Waals surface area (Å²) in [5.41, 5.74) is 0.699. The van der Waals surface area contributed by atoms with Gasteiger partial charge in [-0.05, 0) is 31.4 Å². The lowest BCUT2D eigenvalue weighted by Gasteiger charge is -2.30. The van der Waals surface area contributed by atoms with Crippen molar-refractivity contribution in [3.8, 4) is 12.3 Å². The Labute approximate surface area is 137 Å². The second kappa shape index (κ2) is 6.49. The maximum Gasteiger partial charge on any atom is 0.223 e. The number of carbonyl (C=O) groups is 1. The first kappa shape index (κ1) is 15.7. The highest BCUT2D eigenvalue weighted by Gasteiger charge is 2.41. The van der Waals surface area contributed by atoms with Gasteiger partial charge in [-0.15, -0.1) is 12.3 Å². The molecule has 1 aromatic rings. The minimum absolute atomic E-state index is 0.0541. The van der Waals surface area contributed by atoms with Crippen LogP contribution < -0.4 is 0 Å². The van der Waals surface area contributed by atoms with Crippen LogP contribution in [0.5, 0.6) is 0 Å². The number of amides is 1. The molecule has 23 heavy (non-hydrogen) atoms. The molecule has 0 bridgehead atoms. The Hall–Kier alpha value is -2.22. The van der Waals surface area contributed by atoms with Gasteiger partial charge in [0.05, 0.1) is 6.04 Å². The molecule has 1 aliphatic heterocycles. The number of terminal acetylenes is 1.